The molecule has 6 rings (SSSR count). The molecule has 0 aromatic heterocycles. The van der Waals surface area contributed by atoms with Gasteiger partial charge in [-0.05, 0) is 98.1 Å². The average molecular weight is 408 g/mol. The number of aliphatic hydroxyl groups excluding tert-OH is 2. The summed E-state index contributed by atoms with van der Waals surface area (Å²) < 4.78 is 2.29. The highest BCUT2D eigenvalue weighted by atomic mass is 16.3. The van der Waals surface area contributed by atoms with E-state index in [9.17, 15) is 10.2 Å². The number of para-hydroxylation sites is 2. The van der Waals surface area contributed by atoms with Crippen LogP contribution in [0.2, 0.25) is 0 Å². The maximum atomic E-state index is 11.7. The van der Waals surface area contributed by atoms with Crippen LogP contribution in [-0.2, 0) is 0 Å². The molecule has 8 unspecified atom stereocenters. The number of aliphatic hydroxyl groups is 2. The van der Waals surface area contributed by atoms with Gasteiger partial charge in [-0.15, -0.1) is 0 Å². The zero-order valence-corrected chi connectivity index (χ0v) is 18.3. The molecule has 1 aromatic rings. The van der Waals surface area contributed by atoms with Gasteiger partial charge >= 0.3 is 0 Å². The van der Waals surface area contributed by atoms with Crippen molar-refractivity contribution in [1.82, 2.24) is 0 Å². The van der Waals surface area contributed by atoms with Gasteiger partial charge in [0.2, 0.25) is 5.69 Å². The second-order valence-electron chi connectivity index (χ2n) is 11.2. The predicted molar refractivity (Wildman–Crippen MR) is 119 cm³/mol. The Morgan fingerprint density at radius 1 is 1.00 bits per heavy atom. The van der Waals surface area contributed by atoms with Crippen LogP contribution in [0.1, 0.15) is 65.2 Å². The van der Waals surface area contributed by atoms with Gasteiger partial charge in [0, 0.05) is 6.42 Å². The lowest BCUT2D eigenvalue weighted by atomic mass is 9.44. The molecule has 4 fully saturated rings. The van der Waals surface area contributed by atoms with E-state index in [4.69, 9.17) is 0 Å². The first-order valence-corrected chi connectivity index (χ1v) is 12.1. The fraction of sp³-hybridized carbons (Fsp3) is 0.692. The van der Waals surface area contributed by atoms with Gasteiger partial charge in [-0.3, -0.25) is 0 Å². The van der Waals surface area contributed by atoms with Crippen LogP contribution in [0.25, 0.3) is 0 Å². The maximum absolute atomic E-state index is 11.7. The van der Waals surface area contributed by atoms with Crippen molar-refractivity contribution in [2.75, 3.05) is 0 Å². The molecular formula is C26H35N2O2+. The zero-order valence-electron chi connectivity index (χ0n) is 18.3. The van der Waals surface area contributed by atoms with Crippen LogP contribution in [0.4, 0.5) is 11.4 Å². The fourth-order valence-corrected chi connectivity index (χ4v) is 8.56. The number of benzene rings is 1. The third kappa shape index (κ3) is 2.41. The third-order valence-corrected chi connectivity index (χ3v) is 10.2. The van der Waals surface area contributed by atoms with Crippen LogP contribution in [0.15, 0.2) is 29.3 Å². The summed E-state index contributed by atoms with van der Waals surface area (Å²) >= 11 is 0. The van der Waals surface area contributed by atoms with E-state index in [2.05, 4.69) is 41.6 Å². The number of aliphatic imine (C=N–C) groups is 1. The van der Waals surface area contributed by atoms with Crippen molar-refractivity contribution in [1.29, 1.82) is 0 Å². The van der Waals surface area contributed by atoms with E-state index >= 15 is 0 Å². The van der Waals surface area contributed by atoms with Crippen molar-refractivity contribution in [3.05, 3.63) is 24.3 Å². The maximum Gasteiger partial charge on any atom is 0.292 e. The molecule has 2 N–H and O–H groups in total. The molecule has 1 aliphatic heterocycles. The van der Waals surface area contributed by atoms with E-state index in [-0.39, 0.29) is 23.0 Å². The summed E-state index contributed by atoms with van der Waals surface area (Å²) in [5.74, 6) is 2.46. The molecule has 0 radical (unpaired) electrons. The van der Waals surface area contributed by atoms with Crippen molar-refractivity contribution < 1.29 is 14.8 Å². The van der Waals surface area contributed by atoms with Crippen LogP contribution < -0.4 is 0 Å². The summed E-state index contributed by atoms with van der Waals surface area (Å²) in [6.07, 6.45) is 10.3. The van der Waals surface area contributed by atoms with Gasteiger partial charge in [-0.2, -0.15) is 4.58 Å². The second kappa shape index (κ2) is 6.49. The molecule has 4 nitrogen and oxygen atoms in total. The summed E-state index contributed by atoms with van der Waals surface area (Å²) in [5, 5.41) is 21.9. The molecule has 30 heavy (non-hydrogen) atoms. The van der Waals surface area contributed by atoms with Gasteiger partial charge < -0.3 is 10.2 Å². The van der Waals surface area contributed by atoms with Crippen LogP contribution in [0.5, 0.6) is 0 Å². The number of rotatable bonds is 0. The van der Waals surface area contributed by atoms with Crippen LogP contribution in [0.3, 0.4) is 0 Å². The number of hydrogen-bond acceptors (Lipinski definition) is 3. The van der Waals surface area contributed by atoms with Crippen molar-refractivity contribution in [2.45, 2.75) is 77.4 Å². The minimum atomic E-state index is -0.301. The van der Waals surface area contributed by atoms with Crippen molar-refractivity contribution in [3.63, 3.8) is 0 Å². The lowest BCUT2D eigenvalue weighted by molar-refractivity contribution is -0.300. The van der Waals surface area contributed by atoms with E-state index < -0.39 is 0 Å². The van der Waals surface area contributed by atoms with Crippen molar-refractivity contribution >= 4 is 23.4 Å². The molecule has 0 amide bonds. The number of hydrogen-bond donors (Lipinski definition) is 2. The Kier molecular flexibility index (Phi) is 4.15. The highest BCUT2D eigenvalue weighted by Crippen LogP contribution is 2.65. The highest BCUT2D eigenvalue weighted by Gasteiger charge is 2.64. The minimum Gasteiger partial charge on any atom is -0.393 e. The summed E-state index contributed by atoms with van der Waals surface area (Å²) in [4.78, 5) is 4.65. The first-order chi connectivity index (χ1) is 14.4. The monoisotopic (exact) mass is 407 g/mol. The SMILES string of the molecule is CC12CCC(O)CC1CCC1C2CC(O)C2(C)C(=[N+]3C=Nc4ccccc43)CCC12. The molecule has 4 saturated carbocycles. The quantitative estimate of drug-likeness (QED) is 0.606. The van der Waals surface area contributed by atoms with Gasteiger partial charge in [0.15, 0.2) is 5.69 Å². The second-order valence-corrected chi connectivity index (χ2v) is 11.2. The standard InChI is InChI=1S/C26H35N2O2/c1-25-12-11-17(29)13-16(25)7-8-18-19-9-10-23(26(19,2)24(30)14-20(18)25)28-15-27-21-5-3-4-6-22(21)28/h3-6,15-20,24,29-30H,7-14H2,1-2H3/q+1. The molecule has 8 atom stereocenters. The molecule has 160 valence electrons. The number of fused-ring (bicyclic) bond motifs is 6. The van der Waals surface area contributed by atoms with Crippen molar-refractivity contribution in [2.24, 2.45) is 39.5 Å². The van der Waals surface area contributed by atoms with Gasteiger partial charge in [0.25, 0.3) is 6.34 Å². The van der Waals surface area contributed by atoms with E-state index in [1.807, 2.05) is 12.4 Å². The van der Waals surface area contributed by atoms with E-state index in [0.717, 1.165) is 37.8 Å². The lowest BCUT2D eigenvalue weighted by Crippen LogP contribution is -2.59. The number of nitrogens with zero attached hydrogens (tertiary/aromatic N) is 2. The Bertz CT molecular complexity index is 939. The predicted octanol–water partition coefficient (Wildman–Crippen LogP) is 4.82. The largest absolute Gasteiger partial charge is 0.393 e. The molecule has 5 aliphatic rings. The molecule has 1 aromatic carbocycles. The van der Waals surface area contributed by atoms with E-state index in [0.29, 0.717) is 23.7 Å². The van der Waals surface area contributed by atoms with Crippen molar-refractivity contribution in [3.8, 4) is 0 Å². The molecule has 0 saturated heterocycles. The third-order valence-electron chi connectivity index (χ3n) is 10.2. The van der Waals surface area contributed by atoms with Crippen LogP contribution in [0, 0.1) is 34.5 Å². The molecule has 4 aliphatic carbocycles. The van der Waals surface area contributed by atoms with Gasteiger partial charge in [-0.1, -0.05) is 19.1 Å². The summed E-state index contributed by atoms with van der Waals surface area (Å²) in [6.45, 7) is 4.83. The lowest BCUT2D eigenvalue weighted by Gasteiger charge is -2.61. The van der Waals surface area contributed by atoms with Crippen LogP contribution in [-0.4, -0.2) is 39.0 Å². The molecule has 4 heteroatoms. The Morgan fingerprint density at radius 3 is 2.70 bits per heavy atom. The smallest absolute Gasteiger partial charge is 0.292 e. The normalized spacial score (nSPS) is 49.3. The molecular weight excluding hydrogens is 372 g/mol. The van der Waals surface area contributed by atoms with E-state index in [1.54, 1.807) is 0 Å². The zero-order chi connectivity index (χ0) is 20.7. The van der Waals surface area contributed by atoms with Gasteiger partial charge in [0.1, 0.15) is 0 Å². The topological polar surface area (TPSA) is 55.8 Å². The Balaban J connectivity index is 1.39. The summed E-state index contributed by atoms with van der Waals surface area (Å²) in [5.41, 5.74) is 3.70. The Morgan fingerprint density at radius 2 is 1.83 bits per heavy atom. The Hall–Kier alpha value is -1.52. The van der Waals surface area contributed by atoms with Gasteiger partial charge in [-0.25, -0.2) is 0 Å². The minimum absolute atomic E-state index is 0.112. The molecule has 0 spiro atoms. The first-order valence-electron chi connectivity index (χ1n) is 12.1. The van der Waals surface area contributed by atoms with Gasteiger partial charge in [0.05, 0.1) is 23.3 Å². The van der Waals surface area contributed by atoms with E-state index in [1.165, 1.54) is 30.7 Å². The average Bonchev–Trinajstić information content (AvgIpc) is 3.31. The fourth-order valence-electron chi connectivity index (χ4n) is 8.56. The first kappa shape index (κ1) is 19.2. The summed E-state index contributed by atoms with van der Waals surface area (Å²) in [6, 6.07) is 8.37. The Labute approximate surface area is 179 Å². The molecule has 1 heterocycles. The highest BCUT2D eigenvalue weighted by molar-refractivity contribution is 5.94. The van der Waals surface area contributed by atoms with Crippen LogP contribution >= 0.6 is 0 Å². The molecule has 0 bridgehead atoms. The summed E-state index contributed by atoms with van der Waals surface area (Å²) in [7, 11) is 0.